The summed E-state index contributed by atoms with van der Waals surface area (Å²) in [5.74, 6) is 0.767. The van der Waals surface area contributed by atoms with Gasteiger partial charge in [0.25, 0.3) is 0 Å². The maximum Gasteiger partial charge on any atom is 0.248 e. The van der Waals surface area contributed by atoms with E-state index in [1.807, 2.05) is 30.3 Å². The van der Waals surface area contributed by atoms with E-state index in [-0.39, 0.29) is 0 Å². The van der Waals surface area contributed by atoms with Crippen molar-refractivity contribution in [2.45, 2.75) is 6.04 Å². The lowest BCUT2D eigenvalue weighted by molar-refractivity contribution is 0.367. The van der Waals surface area contributed by atoms with Crippen LogP contribution in [0.15, 0.2) is 53.4 Å². The van der Waals surface area contributed by atoms with Crippen LogP contribution in [0.25, 0.3) is 11.5 Å². The van der Waals surface area contributed by atoms with Crippen molar-refractivity contribution in [3.63, 3.8) is 0 Å². The van der Waals surface area contributed by atoms with Gasteiger partial charge in [-0.25, -0.2) is 9.97 Å². The predicted molar refractivity (Wildman–Crippen MR) is 67.8 cm³/mol. The van der Waals surface area contributed by atoms with Gasteiger partial charge in [-0.15, -0.1) is 0 Å². The second kappa shape index (κ2) is 4.95. The minimum absolute atomic E-state index is 0.361. The lowest BCUT2D eigenvalue weighted by Gasteiger charge is -2.05. The molecule has 0 fully saturated rings. The normalized spacial score (nSPS) is 12.3. The van der Waals surface area contributed by atoms with E-state index >= 15 is 0 Å². The molecule has 1 aromatic carbocycles. The monoisotopic (exact) mass is 253 g/mol. The summed E-state index contributed by atoms with van der Waals surface area (Å²) in [5.41, 5.74) is 7.60. The average molecular weight is 253 g/mol. The molecule has 19 heavy (non-hydrogen) atoms. The molecule has 0 spiro atoms. The molecule has 0 saturated heterocycles. The quantitative estimate of drug-likeness (QED) is 0.762. The smallest absolute Gasteiger partial charge is 0.248 e. The molecule has 1 atom stereocenters. The summed E-state index contributed by atoms with van der Waals surface area (Å²) >= 11 is 0. The van der Waals surface area contributed by atoms with Crippen molar-refractivity contribution in [3.8, 4) is 11.5 Å². The Morgan fingerprint density at radius 3 is 2.68 bits per heavy atom. The van der Waals surface area contributed by atoms with Crippen LogP contribution in [0.2, 0.25) is 0 Å². The molecule has 6 nitrogen and oxygen atoms in total. The van der Waals surface area contributed by atoms with Gasteiger partial charge in [0, 0.05) is 6.20 Å². The number of hydrogen-bond donors (Lipinski definition) is 1. The van der Waals surface area contributed by atoms with Crippen LogP contribution in [0.4, 0.5) is 0 Å². The summed E-state index contributed by atoms with van der Waals surface area (Å²) in [5, 5.41) is 3.88. The minimum atomic E-state index is -0.440. The van der Waals surface area contributed by atoms with Crippen LogP contribution in [0.5, 0.6) is 0 Å². The van der Waals surface area contributed by atoms with Gasteiger partial charge in [-0.3, -0.25) is 0 Å². The van der Waals surface area contributed by atoms with E-state index in [0.717, 1.165) is 5.56 Å². The van der Waals surface area contributed by atoms with E-state index in [1.54, 1.807) is 12.3 Å². The number of nitrogens with zero attached hydrogens (tertiary/aromatic N) is 4. The average Bonchev–Trinajstić information content (AvgIpc) is 2.98. The van der Waals surface area contributed by atoms with E-state index < -0.39 is 6.04 Å². The van der Waals surface area contributed by atoms with Gasteiger partial charge in [-0.1, -0.05) is 35.5 Å². The Balaban J connectivity index is 1.90. The third-order valence-electron chi connectivity index (χ3n) is 2.68. The molecule has 0 bridgehead atoms. The highest BCUT2D eigenvalue weighted by molar-refractivity contribution is 5.46. The van der Waals surface area contributed by atoms with Crippen LogP contribution in [0, 0.1) is 0 Å². The molecular weight excluding hydrogens is 242 g/mol. The Labute approximate surface area is 109 Å². The molecule has 2 aromatic heterocycles. The molecule has 2 heterocycles. The van der Waals surface area contributed by atoms with Crippen LogP contribution in [0.3, 0.4) is 0 Å². The van der Waals surface area contributed by atoms with Gasteiger partial charge in [0.15, 0.2) is 0 Å². The standard InChI is InChI=1S/C13H11N5O/c14-11(9-4-2-1-3-5-9)13-17-12(18-19-13)10-6-7-15-8-16-10/h1-8,11H,14H2. The summed E-state index contributed by atoms with van der Waals surface area (Å²) in [6, 6.07) is 10.9. The number of nitrogens with two attached hydrogens (primary N) is 1. The van der Waals surface area contributed by atoms with Gasteiger partial charge in [0.05, 0.1) is 0 Å². The molecule has 0 aliphatic rings. The SMILES string of the molecule is NC(c1ccccc1)c1nc(-c2ccncn2)no1. The zero-order chi connectivity index (χ0) is 13.1. The summed E-state index contributed by atoms with van der Waals surface area (Å²) in [6.45, 7) is 0. The van der Waals surface area contributed by atoms with Crippen molar-refractivity contribution in [1.29, 1.82) is 0 Å². The first kappa shape index (κ1) is 11.5. The highest BCUT2D eigenvalue weighted by Crippen LogP contribution is 2.20. The van der Waals surface area contributed by atoms with E-state index in [9.17, 15) is 0 Å². The fourth-order valence-corrected chi connectivity index (χ4v) is 1.69. The molecule has 2 N–H and O–H groups in total. The minimum Gasteiger partial charge on any atom is -0.337 e. The van der Waals surface area contributed by atoms with Gasteiger partial charge in [0.2, 0.25) is 11.7 Å². The van der Waals surface area contributed by atoms with Crippen molar-refractivity contribution in [1.82, 2.24) is 20.1 Å². The van der Waals surface area contributed by atoms with Crippen molar-refractivity contribution < 1.29 is 4.52 Å². The Kier molecular flexibility index (Phi) is 2.99. The number of hydrogen-bond acceptors (Lipinski definition) is 6. The van der Waals surface area contributed by atoms with Gasteiger partial charge < -0.3 is 10.3 Å². The van der Waals surface area contributed by atoms with Crippen LogP contribution >= 0.6 is 0 Å². The largest absolute Gasteiger partial charge is 0.337 e. The van der Waals surface area contributed by atoms with Crippen molar-refractivity contribution in [2.24, 2.45) is 5.73 Å². The van der Waals surface area contributed by atoms with Gasteiger partial charge in [0.1, 0.15) is 18.1 Å². The maximum atomic E-state index is 6.08. The molecule has 6 heteroatoms. The van der Waals surface area contributed by atoms with E-state index in [4.69, 9.17) is 10.3 Å². The van der Waals surface area contributed by atoms with E-state index in [0.29, 0.717) is 17.4 Å². The second-order valence-electron chi connectivity index (χ2n) is 3.94. The van der Waals surface area contributed by atoms with Crippen LogP contribution in [0.1, 0.15) is 17.5 Å². The van der Waals surface area contributed by atoms with Gasteiger partial charge in [-0.2, -0.15) is 4.98 Å². The van der Waals surface area contributed by atoms with Crippen molar-refractivity contribution in [3.05, 3.63) is 60.4 Å². The molecule has 0 saturated carbocycles. The molecule has 0 radical (unpaired) electrons. The lowest BCUT2D eigenvalue weighted by Crippen LogP contribution is -2.11. The number of benzene rings is 1. The molecular formula is C13H11N5O. The summed E-state index contributed by atoms with van der Waals surface area (Å²) < 4.78 is 5.19. The molecule has 0 amide bonds. The first-order valence-electron chi connectivity index (χ1n) is 5.75. The van der Waals surface area contributed by atoms with Crippen LogP contribution in [-0.2, 0) is 0 Å². The third kappa shape index (κ3) is 2.34. The zero-order valence-electron chi connectivity index (χ0n) is 9.97. The van der Waals surface area contributed by atoms with Crippen LogP contribution < -0.4 is 5.73 Å². The fraction of sp³-hybridized carbons (Fsp3) is 0.0769. The van der Waals surface area contributed by atoms with E-state index in [2.05, 4.69) is 20.1 Å². The molecule has 1 unspecified atom stereocenters. The maximum absolute atomic E-state index is 6.08. The highest BCUT2D eigenvalue weighted by Gasteiger charge is 2.17. The second-order valence-corrected chi connectivity index (χ2v) is 3.94. The highest BCUT2D eigenvalue weighted by atomic mass is 16.5. The molecule has 94 valence electrons. The fourth-order valence-electron chi connectivity index (χ4n) is 1.69. The first-order valence-corrected chi connectivity index (χ1v) is 5.75. The molecule has 3 rings (SSSR count). The molecule has 3 aromatic rings. The Hall–Kier alpha value is -2.60. The summed E-state index contributed by atoms with van der Waals surface area (Å²) in [4.78, 5) is 12.2. The topological polar surface area (TPSA) is 90.7 Å². The van der Waals surface area contributed by atoms with E-state index in [1.165, 1.54) is 6.33 Å². The number of rotatable bonds is 3. The lowest BCUT2D eigenvalue weighted by atomic mass is 10.1. The van der Waals surface area contributed by atoms with Gasteiger partial charge in [-0.05, 0) is 11.6 Å². The Morgan fingerprint density at radius 1 is 1.11 bits per heavy atom. The van der Waals surface area contributed by atoms with Crippen molar-refractivity contribution in [2.75, 3.05) is 0 Å². The summed E-state index contributed by atoms with van der Waals surface area (Å²) in [7, 11) is 0. The van der Waals surface area contributed by atoms with Crippen LogP contribution in [-0.4, -0.2) is 20.1 Å². The summed E-state index contributed by atoms with van der Waals surface area (Å²) in [6.07, 6.45) is 3.05. The Morgan fingerprint density at radius 2 is 1.95 bits per heavy atom. The van der Waals surface area contributed by atoms with Crippen molar-refractivity contribution >= 4 is 0 Å². The molecule has 0 aliphatic carbocycles. The third-order valence-corrected chi connectivity index (χ3v) is 2.68. The Bertz CT molecular complexity index is 653. The number of aromatic nitrogens is 4. The predicted octanol–water partition coefficient (Wildman–Crippen LogP) is 1.57. The first-order chi connectivity index (χ1) is 9.34. The molecule has 0 aliphatic heterocycles. The zero-order valence-corrected chi connectivity index (χ0v) is 9.97. The van der Waals surface area contributed by atoms with Gasteiger partial charge >= 0.3 is 0 Å².